The highest BCUT2D eigenvalue weighted by atomic mass is 16.5. The molecule has 0 radical (unpaired) electrons. The van der Waals surface area contributed by atoms with Crippen molar-refractivity contribution >= 4 is 5.97 Å². The van der Waals surface area contributed by atoms with Gasteiger partial charge in [-0.25, -0.2) is 4.79 Å². The number of hydrogen-bond donors (Lipinski definition) is 0. The Morgan fingerprint density at radius 3 is 1.95 bits per heavy atom. The minimum atomic E-state index is -0.328. The molecule has 3 aromatic carbocycles. The maximum absolute atomic E-state index is 12.8. The summed E-state index contributed by atoms with van der Waals surface area (Å²) in [5, 5.41) is 0. The molecule has 1 aliphatic rings. The fourth-order valence-electron chi connectivity index (χ4n) is 6.12. The van der Waals surface area contributed by atoms with E-state index in [4.69, 9.17) is 9.47 Å². The molecule has 0 heterocycles. The van der Waals surface area contributed by atoms with Crippen molar-refractivity contribution in [2.24, 2.45) is 17.8 Å². The van der Waals surface area contributed by atoms with E-state index in [1.165, 1.54) is 76.2 Å². The lowest BCUT2D eigenvalue weighted by molar-refractivity contribution is 0.0734. The summed E-state index contributed by atoms with van der Waals surface area (Å²) in [5.74, 6) is 3.76. The SMILES string of the molecule is CCCCC[C@H]1CC[C@H](CCc2ccc(OC(=O)c3ccc(-c4ccc(OCCC[C@@H](C)CC)cc4)cc3)cc2)CC1. The van der Waals surface area contributed by atoms with Gasteiger partial charge in [0, 0.05) is 0 Å². The molecule has 0 bridgehead atoms. The van der Waals surface area contributed by atoms with Crippen LogP contribution in [-0.4, -0.2) is 12.6 Å². The molecule has 0 aliphatic heterocycles. The van der Waals surface area contributed by atoms with E-state index in [-0.39, 0.29) is 5.97 Å². The van der Waals surface area contributed by atoms with Crippen LogP contribution in [-0.2, 0) is 6.42 Å². The topological polar surface area (TPSA) is 35.5 Å². The van der Waals surface area contributed by atoms with Gasteiger partial charge in [0.15, 0.2) is 0 Å². The Hall–Kier alpha value is -3.07. The monoisotopic (exact) mass is 568 g/mol. The lowest BCUT2D eigenvalue weighted by Gasteiger charge is -2.28. The lowest BCUT2D eigenvalue weighted by Crippen LogP contribution is -2.15. The van der Waals surface area contributed by atoms with E-state index in [1.54, 1.807) is 0 Å². The highest BCUT2D eigenvalue weighted by molar-refractivity contribution is 5.91. The van der Waals surface area contributed by atoms with Gasteiger partial charge in [-0.05, 0) is 96.5 Å². The fourth-order valence-corrected chi connectivity index (χ4v) is 6.12. The summed E-state index contributed by atoms with van der Waals surface area (Å²) in [7, 11) is 0. The fraction of sp³-hybridized carbons (Fsp3) is 0.513. The number of ether oxygens (including phenoxy) is 2. The standard InChI is InChI=1S/C39H52O3/c1-4-6-7-10-31-11-13-32(14-12-31)15-16-33-17-25-38(26-18-33)42-39(40)36-21-19-34(20-22-36)35-23-27-37(28-24-35)41-29-8-9-30(3)5-2/h17-28,30-32H,4-16,29H2,1-3H3/t30-,31-,32-/m0/s1. The van der Waals surface area contributed by atoms with Gasteiger partial charge in [0.1, 0.15) is 11.5 Å². The van der Waals surface area contributed by atoms with Crippen LogP contribution in [0.2, 0.25) is 0 Å². The summed E-state index contributed by atoms with van der Waals surface area (Å²) in [5.41, 5.74) is 4.03. The Bertz CT molecular complexity index is 1170. The molecule has 0 aromatic heterocycles. The number of unbranched alkanes of at least 4 members (excludes halogenated alkanes) is 2. The van der Waals surface area contributed by atoms with Crippen molar-refractivity contribution in [3.05, 3.63) is 83.9 Å². The van der Waals surface area contributed by atoms with Gasteiger partial charge in [-0.1, -0.05) is 115 Å². The Morgan fingerprint density at radius 1 is 0.738 bits per heavy atom. The largest absolute Gasteiger partial charge is 0.494 e. The van der Waals surface area contributed by atoms with Gasteiger partial charge < -0.3 is 9.47 Å². The molecule has 0 unspecified atom stereocenters. The van der Waals surface area contributed by atoms with E-state index in [1.807, 2.05) is 48.5 Å². The lowest BCUT2D eigenvalue weighted by atomic mass is 9.78. The number of benzene rings is 3. The van der Waals surface area contributed by atoms with Crippen LogP contribution in [0.25, 0.3) is 11.1 Å². The Labute approximate surface area is 255 Å². The van der Waals surface area contributed by atoms with Gasteiger partial charge in [0.25, 0.3) is 0 Å². The first-order valence-electron chi connectivity index (χ1n) is 16.7. The van der Waals surface area contributed by atoms with E-state index in [0.717, 1.165) is 54.1 Å². The summed E-state index contributed by atoms with van der Waals surface area (Å²) in [6.07, 6.45) is 17.1. The molecule has 4 rings (SSSR count). The molecule has 1 aliphatic carbocycles. The predicted octanol–water partition coefficient (Wildman–Crippen LogP) is 11.1. The zero-order chi connectivity index (χ0) is 29.6. The first-order chi connectivity index (χ1) is 20.5. The van der Waals surface area contributed by atoms with E-state index in [9.17, 15) is 4.79 Å². The number of hydrogen-bond acceptors (Lipinski definition) is 3. The van der Waals surface area contributed by atoms with Crippen molar-refractivity contribution in [2.75, 3.05) is 6.61 Å². The molecule has 0 spiro atoms. The number of carbonyl (C=O) groups excluding carboxylic acids is 1. The molecule has 226 valence electrons. The van der Waals surface area contributed by atoms with Gasteiger partial charge in [-0.15, -0.1) is 0 Å². The average Bonchev–Trinajstić information content (AvgIpc) is 3.03. The summed E-state index contributed by atoms with van der Waals surface area (Å²) < 4.78 is 11.6. The molecular formula is C39H52O3. The third-order valence-corrected chi connectivity index (χ3v) is 9.27. The Kier molecular flexibility index (Phi) is 13.0. The van der Waals surface area contributed by atoms with E-state index >= 15 is 0 Å². The molecule has 42 heavy (non-hydrogen) atoms. The van der Waals surface area contributed by atoms with Crippen molar-refractivity contribution in [3.8, 4) is 22.6 Å². The molecule has 1 atom stereocenters. The van der Waals surface area contributed by atoms with Crippen LogP contribution in [0, 0.1) is 17.8 Å². The summed E-state index contributed by atoms with van der Waals surface area (Å²) in [6, 6.07) is 23.9. The van der Waals surface area contributed by atoms with E-state index < -0.39 is 0 Å². The molecule has 0 saturated heterocycles. The summed E-state index contributed by atoms with van der Waals surface area (Å²) >= 11 is 0. The van der Waals surface area contributed by atoms with Crippen molar-refractivity contribution in [1.82, 2.24) is 0 Å². The summed E-state index contributed by atoms with van der Waals surface area (Å²) in [4.78, 5) is 12.8. The zero-order valence-electron chi connectivity index (χ0n) is 26.3. The number of esters is 1. The van der Waals surface area contributed by atoms with Crippen LogP contribution in [0.1, 0.15) is 114 Å². The maximum atomic E-state index is 12.8. The normalized spacial score (nSPS) is 17.5. The number of carbonyl (C=O) groups is 1. The van der Waals surface area contributed by atoms with Crippen LogP contribution in [0.3, 0.4) is 0 Å². The third kappa shape index (κ3) is 10.3. The minimum Gasteiger partial charge on any atom is -0.494 e. The van der Waals surface area contributed by atoms with E-state index in [0.29, 0.717) is 11.3 Å². The zero-order valence-corrected chi connectivity index (χ0v) is 26.3. The van der Waals surface area contributed by atoms with Crippen molar-refractivity contribution in [2.45, 2.75) is 104 Å². The quantitative estimate of drug-likeness (QED) is 0.0979. The molecule has 1 saturated carbocycles. The van der Waals surface area contributed by atoms with Crippen LogP contribution in [0.15, 0.2) is 72.8 Å². The molecular weight excluding hydrogens is 516 g/mol. The first kappa shape index (κ1) is 31.9. The molecule has 0 amide bonds. The van der Waals surface area contributed by atoms with Gasteiger partial charge in [-0.2, -0.15) is 0 Å². The second-order valence-electron chi connectivity index (χ2n) is 12.6. The Balaban J connectivity index is 1.18. The molecule has 3 heteroatoms. The maximum Gasteiger partial charge on any atom is 0.343 e. The van der Waals surface area contributed by atoms with Gasteiger partial charge in [0.05, 0.1) is 12.2 Å². The molecule has 3 nitrogen and oxygen atoms in total. The van der Waals surface area contributed by atoms with Crippen LogP contribution >= 0.6 is 0 Å². The van der Waals surface area contributed by atoms with Crippen molar-refractivity contribution < 1.29 is 14.3 Å². The molecule has 0 N–H and O–H groups in total. The predicted molar refractivity (Wildman–Crippen MR) is 175 cm³/mol. The van der Waals surface area contributed by atoms with Crippen LogP contribution < -0.4 is 9.47 Å². The second-order valence-corrected chi connectivity index (χ2v) is 12.6. The minimum absolute atomic E-state index is 0.328. The van der Waals surface area contributed by atoms with Crippen molar-refractivity contribution in [1.29, 1.82) is 0 Å². The highest BCUT2D eigenvalue weighted by Gasteiger charge is 2.20. The van der Waals surface area contributed by atoms with Crippen molar-refractivity contribution in [3.63, 3.8) is 0 Å². The number of aryl methyl sites for hydroxylation is 1. The number of rotatable bonds is 16. The smallest absolute Gasteiger partial charge is 0.343 e. The highest BCUT2D eigenvalue weighted by Crippen LogP contribution is 2.34. The average molecular weight is 569 g/mol. The first-order valence-corrected chi connectivity index (χ1v) is 16.7. The van der Waals surface area contributed by atoms with Gasteiger partial charge in [0.2, 0.25) is 0 Å². The van der Waals surface area contributed by atoms with E-state index in [2.05, 4.69) is 45.0 Å². The third-order valence-electron chi connectivity index (χ3n) is 9.27. The van der Waals surface area contributed by atoms with Gasteiger partial charge >= 0.3 is 5.97 Å². The van der Waals surface area contributed by atoms with Gasteiger partial charge in [-0.3, -0.25) is 0 Å². The Morgan fingerprint density at radius 2 is 1.33 bits per heavy atom. The molecule has 1 fully saturated rings. The van der Waals surface area contributed by atoms with Crippen LogP contribution in [0.4, 0.5) is 0 Å². The molecule has 3 aromatic rings. The van der Waals surface area contributed by atoms with Crippen LogP contribution in [0.5, 0.6) is 11.5 Å². The second kappa shape index (κ2) is 17.1. The summed E-state index contributed by atoms with van der Waals surface area (Å²) in [6.45, 7) is 7.57.